The molecule has 0 radical (unpaired) electrons. The molecule has 0 saturated carbocycles. The van der Waals surface area contributed by atoms with Gasteiger partial charge in [0.05, 0.1) is 5.92 Å². The molecule has 0 bridgehead atoms. The molecule has 1 heterocycles. The first-order chi connectivity index (χ1) is 11.4. The largest absolute Gasteiger partial charge is 0.344 e. The van der Waals surface area contributed by atoms with Crippen LogP contribution in [-0.2, 0) is 14.4 Å². The van der Waals surface area contributed by atoms with E-state index in [0.717, 1.165) is 25.9 Å². The smallest absolute Gasteiger partial charge is 0.245 e. The highest BCUT2D eigenvalue weighted by Gasteiger charge is 2.32. The molecule has 3 amide bonds. The summed E-state index contributed by atoms with van der Waals surface area (Å²) in [7, 11) is 0. The van der Waals surface area contributed by atoms with Crippen molar-refractivity contribution in [1.82, 2.24) is 15.7 Å². The number of rotatable bonds is 8. The molecule has 0 aliphatic carbocycles. The minimum Gasteiger partial charge on any atom is -0.344 e. The monoisotopic (exact) mass is 339 g/mol. The topological polar surface area (TPSA) is 98.7 Å². The van der Waals surface area contributed by atoms with Crippen LogP contribution in [0.5, 0.6) is 0 Å². The van der Waals surface area contributed by atoms with Gasteiger partial charge in [-0.05, 0) is 32.1 Å². The quantitative estimate of drug-likeness (QED) is 0.352. The maximum Gasteiger partial charge on any atom is 0.245 e. The molecule has 3 N–H and O–H groups in total. The highest BCUT2D eigenvalue weighted by molar-refractivity contribution is 5.90. The minimum absolute atomic E-state index is 0.0453. The van der Waals surface area contributed by atoms with Gasteiger partial charge in [-0.25, -0.2) is 5.48 Å². The number of hydroxylamine groups is 1. The summed E-state index contributed by atoms with van der Waals surface area (Å²) in [6.07, 6.45) is 5.82. The van der Waals surface area contributed by atoms with Gasteiger partial charge in [-0.2, -0.15) is 0 Å². The number of nitrogens with one attached hydrogen (secondary N) is 2. The summed E-state index contributed by atoms with van der Waals surface area (Å²) in [5.41, 5.74) is 1.55. The Bertz CT molecular complexity index is 470. The first-order valence-corrected chi connectivity index (χ1v) is 8.54. The van der Waals surface area contributed by atoms with Gasteiger partial charge in [0.1, 0.15) is 6.04 Å². The van der Waals surface area contributed by atoms with Gasteiger partial charge in [0.15, 0.2) is 0 Å². The molecule has 2 atom stereocenters. The molecule has 136 valence electrons. The summed E-state index contributed by atoms with van der Waals surface area (Å²) in [6, 6.07) is -0.596. The van der Waals surface area contributed by atoms with Crippen molar-refractivity contribution >= 4 is 17.7 Å². The van der Waals surface area contributed by atoms with Crippen LogP contribution in [-0.4, -0.2) is 47.0 Å². The highest BCUT2D eigenvalue weighted by atomic mass is 16.5. The SMILES string of the molecule is C/C=C/CC(CC(=O)NO)C(=O)NC(C(=O)N1CCCC1)C(C)C. The molecule has 7 nitrogen and oxygen atoms in total. The Labute approximate surface area is 143 Å². The van der Waals surface area contributed by atoms with Gasteiger partial charge in [-0.1, -0.05) is 26.0 Å². The number of nitrogens with zero attached hydrogens (tertiary/aromatic N) is 1. The summed E-state index contributed by atoms with van der Waals surface area (Å²) in [5.74, 6) is -1.70. The van der Waals surface area contributed by atoms with Crippen molar-refractivity contribution in [3.8, 4) is 0 Å². The van der Waals surface area contributed by atoms with Gasteiger partial charge in [0.25, 0.3) is 0 Å². The van der Waals surface area contributed by atoms with Crippen molar-refractivity contribution in [3.63, 3.8) is 0 Å². The van der Waals surface area contributed by atoms with E-state index in [2.05, 4.69) is 5.32 Å². The van der Waals surface area contributed by atoms with Gasteiger partial charge < -0.3 is 10.2 Å². The summed E-state index contributed by atoms with van der Waals surface area (Å²) in [5, 5.41) is 11.5. The zero-order chi connectivity index (χ0) is 18.1. The number of allylic oxidation sites excluding steroid dienone is 2. The molecule has 0 aromatic carbocycles. The van der Waals surface area contributed by atoms with Crippen molar-refractivity contribution in [2.75, 3.05) is 13.1 Å². The Morgan fingerprint density at radius 1 is 1.21 bits per heavy atom. The van der Waals surface area contributed by atoms with E-state index in [1.807, 2.05) is 20.8 Å². The van der Waals surface area contributed by atoms with E-state index in [0.29, 0.717) is 6.42 Å². The van der Waals surface area contributed by atoms with Gasteiger partial charge >= 0.3 is 0 Å². The second-order valence-corrected chi connectivity index (χ2v) is 6.50. The van der Waals surface area contributed by atoms with E-state index < -0.39 is 17.9 Å². The third-order valence-electron chi connectivity index (χ3n) is 4.23. The maximum atomic E-state index is 12.6. The molecule has 0 aromatic heterocycles. The van der Waals surface area contributed by atoms with Gasteiger partial charge in [-0.15, -0.1) is 0 Å². The normalized spacial score (nSPS) is 17.1. The Balaban J connectivity index is 2.78. The Hall–Kier alpha value is -1.89. The minimum atomic E-state index is -0.624. The molecule has 0 spiro atoms. The number of carbonyl (C=O) groups excluding carboxylic acids is 3. The number of hydrogen-bond acceptors (Lipinski definition) is 4. The van der Waals surface area contributed by atoms with E-state index in [4.69, 9.17) is 5.21 Å². The lowest BCUT2D eigenvalue weighted by atomic mass is 9.97. The first-order valence-electron chi connectivity index (χ1n) is 8.54. The average molecular weight is 339 g/mol. The molecular formula is C17H29N3O4. The number of carbonyl (C=O) groups is 3. The van der Waals surface area contributed by atoms with Crippen molar-refractivity contribution in [2.24, 2.45) is 11.8 Å². The second kappa shape index (κ2) is 10.1. The van der Waals surface area contributed by atoms with Crippen molar-refractivity contribution in [3.05, 3.63) is 12.2 Å². The Morgan fingerprint density at radius 2 is 1.83 bits per heavy atom. The molecule has 7 heteroatoms. The van der Waals surface area contributed by atoms with Crippen LogP contribution in [0.25, 0.3) is 0 Å². The number of amides is 3. The van der Waals surface area contributed by atoms with Gasteiger partial charge in [0.2, 0.25) is 17.7 Å². The lowest BCUT2D eigenvalue weighted by Crippen LogP contribution is -2.52. The predicted octanol–water partition coefficient (Wildman–Crippen LogP) is 1.23. The molecular weight excluding hydrogens is 310 g/mol. The molecule has 0 aromatic rings. The van der Waals surface area contributed by atoms with Crippen molar-refractivity contribution in [2.45, 2.75) is 52.5 Å². The molecule has 1 saturated heterocycles. The summed E-state index contributed by atoms with van der Waals surface area (Å²) >= 11 is 0. The molecule has 1 rings (SSSR count). The first kappa shape index (κ1) is 20.2. The standard InChI is InChI=1S/C17H29N3O4/c1-4-5-8-13(11-14(21)19-24)16(22)18-15(12(2)3)17(23)20-9-6-7-10-20/h4-5,12-13,15,24H,6-11H2,1-3H3,(H,18,22)(H,19,21)/b5-4+. The lowest BCUT2D eigenvalue weighted by Gasteiger charge is -2.28. The van der Waals surface area contributed by atoms with Crippen LogP contribution in [0, 0.1) is 11.8 Å². The lowest BCUT2D eigenvalue weighted by molar-refractivity contribution is -0.139. The molecule has 2 unspecified atom stereocenters. The van der Waals surface area contributed by atoms with Crippen LogP contribution < -0.4 is 10.8 Å². The van der Waals surface area contributed by atoms with Crippen LogP contribution in [0.1, 0.15) is 46.5 Å². The molecule has 1 aliphatic rings. The van der Waals surface area contributed by atoms with E-state index in [9.17, 15) is 14.4 Å². The van der Waals surface area contributed by atoms with E-state index in [1.54, 1.807) is 22.5 Å². The summed E-state index contributed by atoms with van der Waals surface area (Å²) in [4.78, 5) is 38.4. The van der Waals surface area contributed by atoms with E-state index >= 15 is 0 Å². The fourth-order valence-electron chi connectivity index (χ4n) is 2.77. The zero-order valence-corrected chi connectivity index (χ0v) is 14.7. The van der Waals surface area contributed by atoms with Crippen LogP contribution in [0.4, 0.5) is 0 Å². The predicted molar refractivity (Wildman–Crippen MR) is 90.0 cm³/mol. The average Bonchev–Trinajstić information content (AvgIpc) is 3.09. The van der Waals surface area contributed by atoms with Gasteiger partial charge in [0, 0.05) is 19.5 Å². The van der Waals surface area contributed by atoms with Crippen LogP contribution in [0.15, 0.2) is 12.2 Å². The Kier molecular flexibility index (Phi) is 8.46. The maximum absolute atomic E-state index is 12.6. The van der Waals surface area contributed by atoms with Crippen molar-refractivity contribution in [1.29, 1.82) is 0 Å². The van der Waals surface area contributed by atoms with Crippen LogP contribution >= 0.6 is 0 Å². The molecule has 1 fully saturated rings. The molecule has 24 heavy (non-hydrogen) atoms. The molecule has 1 aliphatic heterocycles. The fourth-order valence-corrected chi connectivity index (χ4v) is 2.77. The third kappa shape index (κ3) is 5.96. The second-order valence-electron chi connectivity index (χ2n) is 6.50. The highest BCUT2D eigenvalue weighted by Crippen LogP contribution is 2.16. The summed E-state index contributed by atoms with van der Waals surface area (Å²) < 4.78 is 0. The zero-order valence-electron chi connectivity index (χ0n) is 14.7. The number of hydrogen-bond donors (Lipinski definition) is 3. The van der Waals surface area contributed by atoms with Crippen LogP contribution in [0.3, 0.4) is 0 Å². The van der Waals surface area contributed by atoms with E-state index in [-0.39, 0.29) is 24.2 Å². The Morgan fingerprint density at radius 3 is 2.33 bits per heavy atom. The van der Waals surface area contributed by atoms with Gasteiger partial charge in [-0.3, -0.25) is 19.6 Å². The van der Waals surface area contributed by atoms with Crippen LogP contribution in [0.2, 0.25) is 0 Å². The van der Waals surface area contributed by atoms with E-state index in [1.165, 1.54) is 0 Å². The third-order valence-corrected chi connectivity index (χ3v) is 4.23. The number of likely N-dealkylation sites (tertiary alicyclic amines) is 1. The van der Waals surface area contributed by atoms with Crippen molar-refractivity contribution < 1.29 is 19.6 Å². The fraction of sp³-hybridized carbons (Fsp3) is 0.706. The summed E-state index contributed by atoms with van der Waals surface area (Å²) in [6.45, 7) is 7.06.